The van der Waals surface area contributed by atoms with Gasteiger partial charge in [-0.25, -0.2) is 15.8 Å². The molecule has 0 aliphatic carbocycles. The van der Waals surface area contributed by atoms with E-state index < -0.39 is 0 Å². The van der Waals surface area contributed by atoms with Gasteiger partial charge in [-0.15, -0.1) is 11.3 Å². The fourth-order valence-corrected chi connectivity index (χ4v) is 5.74. The van der Waals surface area contributed by atoms with Gasteiger partial charge in [-0.1, -0.05) is 23.7 Å². The number of amidine groups is 1. The molecule has 0 bridgehead atoms. The van der Waals surface area contributed by atoms with Crippen LogP contribution in [-0.2, 0) is 22.4 Å². The Morgan fingerprint density at radius 1 is 1.19 bits per heavy atom. The number of rotatable bonds is 8. The van der Waals surface area contributed by atoms with Gasteiger partial charge in [0.25, 0.3) is 0 Å². The van der Waals surface area contributed by atoms with Gasteiger partial charge in [-0.2, -0.15) is 0 Å². The summed E-state index contributed by atoms with van der Waals surface area (Å²) in [6, 6.07) is 11.6. The molecule has 4 rings (SSSR count). The van der Waals surface area contributed by atoms with Crippen molar-refractivity contribution in [2.75, 3.05) is 21.3 Å². The number of benzene rings is 2. The van der Waals surface area contributed by atoms with E-state index in [0.29, 0.717) is 48.0 Å². The lowest BCUT2D eigenvalue weighted by Crippen LogP contribution is -2.37. The largest absolute Gasteiger partial charge is 0.493 e. The predicted octanol–water partition coefficient (Wildman–Crippen LogP) is 4.81. The van der Waals surface area contributed by atoms with Gasteiger partial charge in [-0.05, 0) is 42.7 Å². The summed E-state index contributed by atoms with van der Waals surface area (Å²) in [6.07, 6.45) is 4.07. The molecule has 0 fully saturated rings. The lowest BCUT2D eigenvalue weighted by molar-refractivity contribution is -0.140. The molecule has 0 saturated heterocycles. The summed E-state index contributed by atoms with van der Waals surface area (Å²) in [4.78, 5) is 22.1. The zero-order valence-corrected chi connectivity index (χ0v) is 22.0. The first kappa shape index (κ1) is 25.9. The van der Waals surface area contributed by atoms with E-state index in [2.05, 4.69) is 10.4 Å². The van der Waals surface area contributed by atoms with Gasteiger partial charge < -0.3 is 19.6 Å². The van der Waals surface area contributed by atoms with Crippen molar-refractivity contribution in [3.63, 3.8) is 0 Å². The molecule has 0 radical (unpaired) electrons. The van der Waals surface area contributed by atoms with Crippen LogP contribution in [0.1, 0.15) is 39.8 Å². The molecule has 0 spiro atoms. The molecule has 8 nitrogen and oxygen atoms in total. The van der Waals surface area contributed by atoms with E-state index in [4.69, 9.17) is 36.6 Å². The quantitative estimate of drug-likeness (QED) is 0.245. The van der Waals surface area contributed by atoms with Crippen molar-refractivity contribution in [1.29, 1.82) is 0 Å². The van der Waals surface area contributed by atoms with Crippen LogP contribution < -0.4 is 20.7 Å². The number of carbonyl (C=O) groups is 1. The van der Waals surface area contributed by atoms with Crippen molar-refractivity contribution in [3.8, 4) is 11.5 Å². The second-order valence-electron chi connectivity index (χ2n) is 8.41. The van der Waals surface area contributed by atoms with Crippen LogP contribution in [0.2, 0.25) is 5.02 Å². The van der Waals surface area contributed by atoms with Gasteiger partial charge in [-0.3, -0.25) is 4.79 Å². The number of thiazole rings is 1. The van der Waals surface area contributed by atoms with Crippen LogP contribution in [0.3, 0.4) is 0 Å². The highest BCUT2D eigenvalue weighted by Crippen LogP contribution is 2.46. The van der Waals surface area contributed by atoms with Crippen LogP contribution >= 0.6 is 22.9 Å². The fraction of sp³-hybridized carbons (Fsp3) is 0.346. The lowest BCUT2D eigenvalue weighted by Gasteiger charge is -2.24. The van der Waals surface area contributed by atoms with Gasteiger partial charge in [0.15, 0.2) is 11.5 Å². The van der Waals surface area contributed by atoms with Crippen LogP contribution in [0.25, 0.3) is 0 Å². The molecule has 0 saturated carbocycles. The van der Waals surface area contributed by atoms with E-state index in [1.165, 1.54) is 7.11 Å². The number of methoxy groups -OCH3 is 3. The number of aryl methyl sites for hydroxylation is 1. The Balaban J connectivity index is 1.71. The lowest BCUT2D eigenvalue weighted by atomic mass is 9.82. The monoisotopic (exact) mass is 528 g/mol. The topological polar surface area (TPSA) is 108 Å². The van der Waals surface area contributed by atoms with Crippen molar-refractivity contribution < 1.29 is 19.0 Å². The molecule has 10 heteroatoms. The molecule has 36 heavy (non-hydrogen) atoms. The summed E-state index contributed by atoms with van der Waals surface area (Å²) in [6.45, 7) is 0. The third-order valence-corrected chi connectivity index (χ3v) is 7.61. The third-order valence-electron chi connectivity index (χ3n) is 6.30. The number of nitrogens with two attached hydrogens (primary N) is 1. The molecule has 2 atom stereocenters. The number of esters is 1. The van der Waals surface area contributed by atoms with Crippen molar-refractivity contribution >= 4 is 40.4 Å². The molecular weight excluding hydrogens is 500 g/mol. The van der Waals surface area contributed by atoms with Crippen LogP contribution in [-0.4, -0.2) is 38.1 Å². The smallest absolute Gasteiger partial charge is 0.305 e. The van der Waals surface area contributed by atoms with Gasteiger partial charge in [0.2, 0.25) is 0 Å². The fourth-order valence-electron chi connectivity index (χ4n) is 4.56. The number of nitrogens with zero attached hydrogens (tertiary/aromatic N) is 2. The number of para-hydroxylation sites is 1. The number of hydrazine groups is 1. The zero-order valence-electron chi connectivity index (χ0n) is 20.4. The van der Waals surface area contributed by atoms with E-state index in [9.17, 15) is 4.79 Å². The van der Waals surface area contributed by atoms with Gasteiger partial charge in [0.05, 0.1) is 38.4 Å². The minimum absolute atomic E-state index is 0.0540. The van der Waals surface area contributed by atoms with E-state index in [1.54, 1.807) is 25.6 Å². The maximum absolute atomic E-state index is 11.5. The summed E-state index contributed by atoms with van der Waals surface area (Å²) in [5, 5.41) is 1.58. The third kappa shape index (κ3) is 5.64. The van der Waals surface area contributed by atoms with Crippen molar-refractivity contribution in [3.05, 3.63) is 68.6 Å². The second-order valence-corrected chi connectivity index (χ2v) is 10.0. The van der Waals surface area contributed by atoms with Crippen LogP contribution in [0, 0.1) is 5.92 Å². The van der Waals surface area contributed by atoms with Crippen LogP contribution in [0.4, 0.5) is 5.69 Å². The number of hydrogen-bond donors (Lipinski definition) is 2. The Bertz CT molecular complexity index is 1260. The minimum Gasteiger partial charge on any atom is -0.493 e. The molecule has 2 aromatic carbocycles. The van der Waals surface area contributed by atoms with Gasteiger partial charge in [0.1, 0.15) is 5.84 Å². The number of nitrogens with one attached hydrogen (secondary N) is 1. The predicted molar refractivity (Wildman–Crippen MR) is 142 cm³/mol. The number of aliphatic imine (C=N–C) groups is 1. The number of hydrogen-bond acceptors (Lipinski definition) is 9. The first-order valence-electron chi connectivity index (χ1n) is 11.5. The number of halogens is 1. The molecule has 190 valence electrons. The highest BCUT2D eigenvalue weighted by Gasteiger charge is 2.32. The second kappa shape index (κ2) is 11.7. The standard InChI is InChI=1S/C26H29ClN4O4S/c1-33-22-6-4-5-18(25(22)35-3)19-11-15(12-23-29-14-17(36-23)8-10-24(32)34-2)26(31-28)30-21-9-7-16(27)13-20(19)21/h4-7,9,13-15,19H,8,10-12,28H2,1-3H3,(H,30,31). The molecule has 2 unspecified atom stereocenters. The highest BCUT2D eigenvalue weighted by molar-refractivity contribution is 7.11. The summed E-state index contributed by atoms with van der Waals surface area (Å²) >= 11 is 8.02. The average molecular weight is 529 g/mol. The van der Waals surface area contributed by atoms with Crippen LogP contribution in [0.5, 0.6) is 11.5 Å². The van der Waals surface area contributed by atoms with E-state index in [0.717, 1.165) is 26.7 Å². The van der Waals surface area contributed by atoms with Crippen molar-refractivity contribution in [1.82, 2.24) is 10.4 Å². The molecule has 3 N–H and O–H groups in total. The number of ether oxygens (including phenoxy) is 3. The molecule has 3 aromatic rings. The SMILES string of the molecule is COC(=O)CCc1cnc(CC2CC(c3cccc(OC)c3OC)c3cc(Cl)ccc3N=C2NN)s1. The first-order chi connectivity index (χ1) is 17.5. The molecular formula is C26H29ClN4O4S. The number of fused-ring (bicyclic) bond motifs is 1. The van der Waals surface area contributed by atoms with E-state index >= 15 is 0 Å². The Labute approximate surface area is 219 Å². The first-order valence-corrected chi connectivity index (χ1v) is 12.7. The Morgan fingerprint density at radius 2 is 2.03 bits per heavy atom. The number of carbonyl (C=O) groups excluding carboxylic acids is 1. The summed E-state index contributed by atoms with van der Waals surface area (Å²) in [5.74, 6) is 7.62. The molecule has 1 aliphatic heterocycles. The summed E-state index contributed by atoms with van der Waals surface area (Å²) in [5.41, 5.74) is 5.59. The maximum Gasteiger partial charge on any atom is 0.305 e. The van der Waals surface area contributed by atoms with Crippen LogP contribution in [0.15, 0.2) is 47.6 Å². The minimum atomic E-state index is -0.234. The summed E-state index contributed by atoms with van der Waals surface area (Å²) < 4.78 is 16.1. The van der Waals surface area contributed by atoms with Crippen molar-refractivity contribution in [2.24, 2.45) is 16.8 Å². The maximum atomic E-state index is 11.5. The normalized spacial score (nSPS) is 17.0. The van der Waals surface area contributed by atoms with Gasteiger partial charge >= 0.3 is 5.97 Å². The molecule has 2 heterocycles. The number of aromatic nitrogens is 1. The molecule has 1 aromatic heterocycles. The highest BCUT2D eigenvalue weighted by atomic mass is 35.5. The van der Waals surface area contributed by atoms with Gasteiger partial charge in [0, 0.05) is 39.9 Å². The Hall–Kier alpha value is -3.14. The Kier molecular flexibility index (Phi) is 8.45. The van der Waals surface area contributed by atoms with E-state index in [-0.39, 0.29) is 17.8 Å². The average Bonchev–Trinajstić information content (AvgIpc) is 3.29. The molecule has 1 aliphatic rings. The Morgan fingerprint density at radius 3 is 2.75 bits per heavy atom. The van der Waals surface area contributed by atoms with Crippen molar-refractivity contribution in [2.45, 2.75) is 31.6 Å². The summed E-state index contributed by atoms with van der Waals surface area (Å²) in [7, 11) is 4.66. The molecule has 0 amide bonds. The zero-order chi connectivity index (χ0) is 25.7. The van der Waals surface area contributed by atoms with E-state index in [1.807, 2.05) is 42.6 Å².